The van der Waals surface area contributed by atoms with Gasteiger partial charge >= 0.3 is 0 Å². The van der Waals surface area contributed by atoms with Gasteiger partial charge in [-0.05, 0) is 55.5 Å². The maximum absolute atomic E-state index is 12.5. The van der Waals surface area contributed by atoms with Crippen molar-refractivity contribution in [3.8, 4) is 17.2 Å². The molecular weight excluding hydrogens is 478 g/mol. The zero-order chi connectivity index (χ0) is 26.3. The van der Waals surface area contributed by atoms with Crippen LogP contribution < -0.4 is 10.6 Å². The number of aromatic amines is 1. The highest BCUT2D eigenvalue weighted by Crippen LogP contribution is 2.39. The van der Waals surface area contributed by atoms with Crippen LogP contribution in [0.3, 0.4) is 0 Å². The molecule has 3 aromatic rings. The van der Waals surface area contributed by atoms with Gasteiger partial charge in [-0.1, -0.05) is 30.3 Å². The predicted molar refractivity (Wildman–Crippen MR) is 145 cm³/mol. The van der Waals surface area contributed by atoms with Crippen molar-refractivity contribution < 1.29 is 9.59 Å². The summed E-state index contributed by atoms with van der Waals surface area (Å²) in [4.78, 5) is 31.5. The molecule has 5 rings (SSSR count). The molecule has 9 heteroatoms. The van der Waals surface area contributed by atoms with Gasteiger partial charge in [0.1, 0.15) is 5.82 Å². The van der Waals surface area contributed by atoms with Crippen LogP contribution in [0.4, 0.5) is 11.6 Å². The third kappa shape index (κ3) is 6.72. The summed E-state index contributed by atoms with van der Waals surface area (Å²) in [5.74, 6) is 1.22. The Balaban J connectivity index is 1.12. The average molecular weight is 510 g/mol. The Morgan fingerprint density at radius 3 is 2.79 bits per heavy atom. The monoisotopic (exact) mass is 509 g/mol. The Morgan fingerprint density at radius 2 is 2.00 bits per heavy atom. The summed E-state index contributed by atoms with van der Waals surface area (Å²) in [6, 6.07) is 15.9. The number of nitriles is 1. The van der Waals surface area contributed by atoms with Gasteiger partial charge in [0, 0.05) is 48.1 Å². The molecule has 1 aliphatic carbocycles. The van der Waals surface area contributed by atoms with Crippen molar-refractivity contribution in [3.63, 3.8) is 0 Å². The summed E-state index contributed by atoms with van der Waals surface area (Å²) in [6.07, 6.45) is 10.3. The van der Waals surface area contributed by atoms with E-state index in [0.717, 1.165) is 41.8 Å². The van der Waals surface area contributed by atoms with Crippen LogP contribution in [0.25, 0.3) is 11.1 Å². The lowest BCUT2D eigenvalue weighted by Crippen LogP contribution is -2.29. The van der Waals surface area contributed by atoms with Crippen LogP contribution in [0, 0.1) is 11.3 Å². The van der Waals surface area contributed by atoms with E-state index >= 15 is 0 Å². The van der Waals surface area contributed by atoms with Crippen molar-refractivity contribution >= 4 is 23.5 Å². The molecule has 0 spiro atoms. The van der Waals surface area contributed by atoms with Gasteiger partial charge in [0.25, 0.3) is 0 Å². The van der Waals surface area contributed by atoms with Crippen LogP contribution in [0.15, 0.2) is 60.8 Å². The molecule has 1 aromatic carbocycles. The fourth-order valence-corrected chi connectivity index (χ4v) is 4.81. The fraction of sp³-hybridized carbons (Fsp3) is 0.345. The number of rotatable bonds is 10. The van der Waals surface area contributed by atoms with E-state index in [-0.39, 0.29) is 24.3 Å². The summed E-state index contributed by atoms with van der Waals surface area (Å²) in [5.41, 5.74) is 3.79. The molecule has 1 saturated heterocycles. The summed E-state index contributed by atoms with van der Waals surface area (Å²) >= 11 is 0. The normalized spacial score (nSPS) is 17.4. The second-order valence-electron chi connectivity index (χ2n) is 9.89. The number of benzene rings is 1. The molecule has 0 unspecified atom stereocenters. The second-order valence-corrected chi connectivity index (χ2v) is 9.89. The Morgan fingerprint density at radius 1 is 1.11 bits per heavy atom. The zero-order valence-electron chi connectivity index (χ0n) is 21.2. The van der Waals surface area contributed by atoms with E-state index in [0.29, 0.717) is 30.5 Å². The lowest BCUT2D eigenvalue weighted by Gasteiger charge is -2.20. The van der Waals surface area contributed by atoms with Gasteiger partial charge in [0.15, 0.2) is 5.82 Å². The quantitative estimate of drug-likeness (QED) is 0.348. The van der Waals surface area contributed by atoms with Gasteiger partial charge in [0.05, 0.1) is 18.9 Å². The SMILES string of the molecule is N#CC[C@H]1CCCN1C/C=C/C(=O)Nc1ccc(-c2cccc(CC(=O)Nc3cc(C4CC4)[nH]n3)c2)cn1. The van der Waals surface area contributed by atoms with Crippen molar-refractivity contribution in [2.75, 3.05) is 23.7 Å². The molecule has 0 radical (unpaired) electrons. The minimum Gasteiger partial charge on any atom is -0.309 e. The van der Waals surface area contributed by atoms with Crippen LogP contribution >= 0.6 is 0 Å². The standard InChI is InChI=1S/C29H31N7O2/c30-13-12-24-6-2-14-36(24)15-3-7-28(37)32-26-11-10-23(19-31-26)22-5-1-4-20(16-22)17-29(38)33-27-18-25(34-35-27)21-8-9-21/h1,3-5,7,10-11,16,18-19,21,24H,2,6,8-9,12,14-15,17H2,(H,31,32,37)(H2,33,34,35,38)/b7-3+/t24-/m1/s1. The highest BCUT2D eigenvalue weighted by Gasteiger charge is 2.26. The van der Waals surface area contributed by atoms with Crippen LogP contribution in [-0.4, -0.2) is 51.0 Å². The number of hydrogen-bond acceptors (Lipinski definition) is 6. The lowest BCUT2D eigenvalue weighted by atomic mass is 10.0. The average Bonchev–Trinajstić information content (AvgIpc) is 3.51. The number of carbonyl (C=O) groups excluding carboxylic acids is 2. The first-order valence-corrected chi connectivity index (χ1v) is 13.1. The summed E-state index contributed by atoms with van der Waals surface area (Å²) in [6.45, 7) is 1.61. The van der Waals surface area contributed by atoms with Crippen LogP contribution in [0.5, 0.6) is 0 Å². The number of nitrogens with zero attached hydrogens (tertiary/aromatic N) is 4. The molecule has 2 fully saturated rings. The number of amides is 2. The number of nitrogens with one attached hydrogen (secondary N) is 3. The number of likely N-dealkylation sites (tertiary alicyclic amines) is 1. The van der Waals surface area contributed by atoms with Crippen LogP contribution in [0.1, 0.15) is 49.3 Å². The first kappa shape index (κ1) is 25.4. The molecule has 1 atom stereocenters. The number of aromatic nitrogens is 3. The van der Waals surface area contributed by atoms with Crippen molar-refractivity contribution in [2.45, 2.75) is 50.5 Å². The highest BCUT2D eigenvalue weighted by molar-refractivity contribution is 5.98. The van der Waals surface area contributed by atoms with Gasteiger partial charge in [0.2, 0.25) is 11.8 Å². The van der Waals surface area contributed by atoms with E-state index in [9.17, 15) is 9.59 Å². The maximum Gasteiger partial charge on any atom is 0.249 e. The summed E-state index contributed by atoms with van der Waals surface area (Å²) < 4.78 is 0. The number of anilines is 2. The molecule has 2 aliphatic rings. The minimum atomic E-state index is -0.240. The molecule has 0 bridgehead atoms. The van der Waals surface area contributed by atoms with E-state index in [1.807, 2.05) is 42.5 Å². The van der Waals surface area contributed by atoms with Crippen LogP contribution in [0.2, 0.25) is 0 Å². The molecule has 2 aromatic heterocycles. The Kier molecular flexibility index (Phi) is 7.90. The van der Waals surface area contributed by atoms with Crippen molar-refractivity contribution in [1.29, 1.82) is 5.26 Å². The van der Waals surface area contributed by atoms with Crippen molar-refractivity contribution in [3.05, 3.63) is 72.1 Å². The van der Waals surface area contributed by atoms with Gasteiger partial charge in [-0.25, -0.2) is 4.98 Å². The summed E-state index contributed by atoms with van der Waals surface area (Å²) in [7, 11) is 0. The molecule has 1 saturated carbocycles. The molecule has 3 heterocycles. The number of pyridine rings is 1. The molecule has 1 aliphatic heterocycles. The second kappa shape index (κ2) is 11.8. The van der Waals surface area contributed by atoms with E-state index in [2.05, 4.69) is 36.8 Å². The third-order valence-electron chi connectivity index (χ3n) is 6.96. The Hall–Kier alpha value is -4.29. The molecular formula is C29H31N7O2. The van der Waals surface area contributed by atoms with Gasteiger partial charge < -0.3 is 10.6 Å². The summed E-state index contributed by atoms with van der Waals surface area (Å²) in [5, 5.41) is 21.8. The maximum atomic E-state index is 12.5. The van der Waals surface area contributed by atoms with Gasteiger partial charge in [-0.15, -0.1) is 0 Å². The molecule has 9 nitrogen and oxygen atoms in total. The third-order valence-corrected chi connectivity index (χ3v) is 6.96. The van der Waals surface area contributed by atoms with Crippen molar-refractivity contribution in [2.24, 2.45) is 0 Å². The first-order valence-electron chi connectivity index (χ1n) is 13.1. The molecule has 3 N–H and O–H groups in total. The fourth-order valence-electron chi connectivity index (χ4n) is 4.81. The minimum absolute atomic E-state index is 0.120. The Labute approximate surface area is 222 Å². The van der Waals surface area contributed by atoms with E-state index in [1.165, 1.54) is 18.9 Å². The number of H-pyrrole nitrogens is 1. The molecule has 38 heavy (non-hydrogen) atoms. The van der Waals surface area contributed by atoms with Gasteiger partial charge in [-0.3, -0.25) is 19.6 Å². The van der Waals surface area contributed by atoms with Crippen molar-refractivity contribution in [1.82, 2.24) is 20.1 Å². The first-order chi connectivity index (χ1) is 18.6. The highest BCUT2D eigenvalue weighted by atomic mass is 16.2. The molecule has 194 valence electrons. The van der Waals surface area contributed by atoms with Crippen LogP contribution in [-0.2, 0) is 16.0 Å². The largest absolute Gasteiger partial charge is 0.309 e. The van der Waals surface area contributed by atoms with Gasteiger partial charge in [-0.2, -0.15) is 10.4 Å². The number of hydrogen-bond donors (Lipinski definition) is 3. The molecule has 2 amide bonds. The topological polar surface area (TPSA) is 127 Å². The smallest absolute Gasteiger partial charge is 0.249 e. The Bertz CT molecular complexity index is 1350. The van der Waals surface area contributed by atoms with E-state index in [1.54, 1.807) is 12.3 Å². The van der Waals surface area contributed by atoms with E-state index < -0.39 is 0 Å². The zero-order valence-corrected chi connectivity index (χ0v) is 21.2. The lowest BCUT2D eigenvalue weighted by molar-refractivity contribution is -0.115. The van der Waals surface area contributed by atoms with E-state index in [4.69, 9.17) is 5.26 Å². The predicted octanol–water partition coefficient (Wildman–Crippen LogP) is 4.40. The number of carbonyl (C=O) groups is 2.